The van der Waals surface area contributed by atoms with Crippen molar-refractivity contribution in [1.29, 1.82) is 0 Å². The van der Waals surface area contributed by atoms with Gasteiger partial charge < -0.3 is 10.1 Å². The standard InChI is InChI=1S/C19H18F3N3O5S/c20-19(21,22)18(27)30-15-8-5-9-23-16(15)24-17(26)13-6-4-7-14(12-13)31(28,29)25-10-2-1-3-11-25/h4-9,12H,1-3,10-11H2,(H,23,24,26). The highest BCUT2D eigenvalue weighted by Crippen LogP contribution is 2.26. The van der Waals surface area contributed by atoms with Crippen LogP contribution < -0.4 is 10.1 Å². The first-order valence-corrected chi connectivity index (χ1v) is 10.7. The lowest BCUT2D eigenvalue weighted by Gasteiger charge is -2.26. The predicted octanol–water partition coefficient (Wildman–Crippen LogP) is 2.98. The Balaban J connectivity index is 1.81. The topological polar surface area (TPSA) is 106 Å². The summed E-state index contributed by atoms with van der Waals surface area (Å²) in [5.41, 5.74) is -0.0585. The molecule has 31 heavy (non-hydrogen) atoms. The molecule has 1 N–H and O–H groups in total. The van der Waals surface area contributed by atoms with Crippen molar-refractivity contribution in [2.45, 2.75) is 30.3 Å². The highest BCUT2D eigenvalue weighted by molar-refractivity contribution is 7.89. The van der Waals surface area contributed by atoms with Crippen LogP contribution in [0.4, 0.5) is 19.0 Å². The van der Waals surface area contributed by atoms with Crippen molar-refractivity contribution < 1.29 is 35.9 Å². The fourth-order valence-corrected chi connectivity index (χ4v) is 4.52. The number of anilines is 1. The molecule has 2 heterocycles. The second-order valence-electron chi connectivity index (χ2n) is 6.68. The minimum atomic E-state index is -5.23. The number of aromatic nitrogens is 1. The van der Waals surface area contributed by atoms with Crippen molar-refractivity contribution in [2.24, 2.45) is 0 Å². The fourth-order valence-electron chi connectivity index (χ4n) is 2.96. The monoisotopic (exact) mass is 457 g/mol. The van der Waals surface area contributed by atoms with Crippen molar-refractivity contribution in [3.05, 3.63) is 48.2 Å². The third-order valence-electron chi connectivity index (χ3n) is 4.49. The summed E-state index contributed by atoms with van der Waals surface area (Å²) in [7, 11) is -3.79. The van der Waals surface area contributed by atoms with Gasteiger partial charge in [0.15, 0.2) is 11.6 Å². The molecule has 1 aliphatic heterocycles. The number of alkyl halides is 3. The van der Waals surface area contributed by atoms with Crippen LogP contribution in [0.15, 0.2) is 47.5 Å². The molecule has 0 saturated carbocycles. The van der Waals surface area contributed by atoms with E-state index in [9.17, 15) is 31.2 Å². The Morgan fingerprint density at radius 2 is 1.77 bits per heavy atom. The van der Waals surface area contributed by atoms with Crippen LogP contribution in [0.1, 0.15) is 29.6 Å². The number of pyridine rings is 1. The van der Waals surface area contributed by atoms with Crippen molar-refractivity contribution >= 4 is 27.7 Å². The van der Waals surface area contributed by atoms with E-state index in [-0.39, 0.29) is 10.5 Å². The summed E-state index contributed by atoms with van der Waals surface area (Å²) < 4.78 is 68.6. The van der Waals surface area contributed by atoms with Crippen molar-refractivity contribution in [2.75, 3.05) is 18.4 Å². The summed E-state index contributed by atoms with van der Waals surface area (Å²) in [5, 5.41) is 2.24. The fraction of sp³-hybridized carbons (Fsp3) is 0.316. The Morgan fingerprint density at radius 3 is 2.45 bits per heavy atom. The van der Waals surface area contributed by atoms with E-state index in [0.717, 1.165) is 25.3 Å². The molecule has 0 spiro atoms. The van der Waals surface area contributed by atoms with Gasteiger partial charge in [0, 0.05) is 24.8 Å². The third kappa shape index (κ3) is 5.39. The highest BCUT2D eigenvalue weighted by atomic mass is 32.2. The highest BCUT2D eigenvalue weighted by Gasteiger charge is 2.41. The molecule has 2 aromatic rings. The van der Waals surface area contributed by atoms with Gasteiger partial charge in [0.05, 0.1) is 4.90 Å². The van der Waals surface area contributed by atoms with Crippen LogP contribution in [-0.2, 0) is 14.8 Å². The summed E-state index contributed by atoms with van der Waals surface area (Å²) in [4.78, 5) is 27.3. The van der Waals surface area contributed by atoms with Crippen LogP contribution in [-0.4, -0.2) is 48.8 Å². The van der Waals surface area contributed by atoms with E-state index in [4.69, 9.17) is 0 Å². The number of benzene rings is 1. The number of ether oxygens (including phenoxy) is 1. The molecule has 12 heteroatoms. The molecule has 0 atom stereocenters. The second kappa shape index (κ2) is 9.02. The molecular formula is C19H18F3N3O5S. The van der Waals surface area contributed by atoms with Gasteiger partial charge in [0.25, 0.3) is 5.91 Å². The van der Waals surface area contributed by atoms with E-state index in [1.54, 1.807) is 0 Å². The lowest BCUT2D eigenvalue weighted by Crippen LogP contribution is -2.35. The number of halogens is 3. The number of carbonyl (C=O) groups excluding carboxylic acids is 2. The van der Waals surface area contributed by atoms with Gasteiger partial charge in [-0.1, -0.05) is 12.5 Å². The molecule has 3 rings (SSSR count). The van der Waals surface area contributed by atoms with Gasteiger partial charge in [-0.25, -0.2) is 18.2 Å². The third-order valence-corrected chi connectivity index (χ3v) is 6.38. The van der Waals surface area contributed by atoms with Gasteiger partial charge in [-0.05, 0) is 43.2 Å². The van der Waals surface area contributed by atoms with Gasteiger partial charge >= 0.3 is 12.1 Å². The van der Waals surface area contributed by atoms with Crippen molar-refractivity contribution in [3.8, 4) is 5.75 Å². The van der Waals surface area contributed by atoms with Crippen LogP contribution in [0.5, 0.6) is 5.75 Å². The van der Waals surface area contributed by atoms with Crippen molar-refractivity contribution in [1.82, 2.24) is 9.29 Å². The summed E-state index contributed by atoms with van der Waals surface area (Å²) in [5.74, 6) is -4.33. The molecule has 1 saturated heterocycles. The van der Waals surface area contributed by atoms with Crippen LogP contribution >= 0.6 is 0 Å². The summed E-state index contributed by atoms with van der Waals surface area (Å²) in [6.45, 7) is 0.779. The number of nitrogens with zero attached hydrogens (tertiary/aromatic N) is 2. The SMILES string of the molecule is O=C(Nc1ncccc1OC(=O)C(F)(F)F)c1cccc(S(=O)(=O)N2CCCCC2)c1. The molecule has 0 bridgehead atoms. The molecule has 1 aliphatic rings. The number of carbonyl (C=O) groups is 2. The number of hydrogen-bond donors (Lipinski definition) is 1. The van der Waals surface area contributed by atoms with E-state index in [1.165, 1.54) is 40.8 Å². The summed E-state index contributed by atoms with van der Waals surface area (Å²) >= 11 is 0. The Kier molecular flexibility index (Phi) is 6.60. The first-order chi connectivity index (χ1) is 14.6. The van der Waals surface area contributed by atoms with E-state index < -0.39 is 39.6 Å². The maximum absolute atomic E-state index is 12.8. The average Bonchev–Trinajstić information content (AvgIpc) is 2.75. The number of amides is 1. The Labute approximate surface area is 176 Å². The smallest absolute Gasteiger partial charge is 0.416 e. The molecule has 8 nitrogen and oxygen atoms in total. The minimum absolute atomic E-state index is 0.0585. The van der Waals surface area contributed by atoms with E-state index in [2.05, 4.69) is 15.0 Å². The molecule has 0 aliphatic carbocycles. The van der Waals surface area contributed by atoms with Gasteiger partial charge in [-0.3, -0.25) is 4.79 Å². The van der Waals surface area contributed by atoms with Gasteiger partial charge in [0.2, 0.25) is 10.0 Å². The van der Waals surface area contributed by atoms with Gasteiger partial charge in [-0.15, -0.1) is 0 Å². The number of rotatable bonds is 5. The van der Waals surface area contributed by atoms with E-state index in [0.29, 0.717) is 13.1 Å². The minimum Gasteiger partial charge on any atom is -0.416 e. The first kappa shape index (κ1) is 22.7. The first-order valence-electron chi connectivity index (χ1n) is 9.24. The molecule has 0 radical (unpaired) electrons. The summed E-state index contributed by atoms with van der Waals surface area (Å²) in [6.07, 6.45) is -1.61. The molecule has 1 amide bonds. The zero-order chi connectivity index (χ0) is 22.6. The van der Waals surface area contributed by atoms with Crippen LogP contribution in [0.25, 0.3) is 0 Å². The quantitative estimate of drug-likeness (QED) is 0.692. The normalized spacial score (nSPS) is 15.3. The molecule has 1 fully saturated rings. The van der Waals surface area contributed by atoms with E-state index in [1.807, 2.05) is 0 Å². The number of piperidine rings is 1. The van der Waals surface area contributed by atoms with E-state index >= 15 is 0 Å². The number of nitrogens with one attached hydrogen (secondary N) is 1. The second-order valence-corrected chi connectivity index (χ2v) is 8.62. The number of esters is 1. The average molecular weight is 457 g/mol. The summed E-state index contributed by atoms with van der Waals surface area (Å²) in [6, 6.07) is 7.51. The zero-order valence-corrected chi connectivity index (χ0v) is 16.9. The maximum Gasteiger partial charge on any atom is 0.491 e. The number of hydrogen-bond acceptors (Lipinski definition) is 6. The van der Waals surface area contributed by atoms with Crippen LogP contribution in [0, 0.1) is 0 Å². The zero-order valence-electron chi connectivity index (χ0n) is 16.1. The molecule has 166 valence electrons. The predicted molar refractivity (Wildman–Crippen MR) is 103 cm³/mol. The molecule has 1 aromatic heterocycles. The van der Waals surface area contributed by atoms with Crippen LogP contribution in [0.2, 0.25) is 0 Å². The number of sulfonamides is 1. The molecular weight excluding hydrogens is 439 g/mol. The molecule has 1 aromatic carbocycles. The Morgan fingerprint density at radius 1 is 1.06 bits per heavy atom. The van der Waals surface area contributed by atoms with Crippen molar-refractivity contribution in [3.63, 3.8) is 0 Å². The lowest BCUT2D eigenvalue weighted by atomic mass is 10.2. The lowest BCUT2D eigenvalue weighted by molar-refractivity contribution is -0.189. The van der Waals surface area contributed by atoms with Gasteiger partial charge in [0.1, 0.15) is 0 Å². The largest absolute Gasteiger partial charge is 0.491 e. The van der Waals surface area contributed by atoms with Gasteiger partial charge in [-0.2, -0.15) is 17.5 Å². The Hall–Kier alpha value is -2.99. The Bertz CT molecular complexity index is 1080. The van der Waals surface area contributed by atoms with Crippen LogP contribution in [0.3, 0.4) is 0 Å². The maximum atomic E-state index is 12.8. The molecule has 0 unspecified atom stereocenters.